The third-order valence-electron chi connectivity index (χ3n) is 2.97. The molecule has 0 aromatic rings. The molecule has 1 saturated carbocycles. The average molecular weight is 195 g/mol. The fourth-order valence-corrected chi connectivity index (χ4v) is 1.68. The van der Waals surface area contributed by atoms with Crippen LogP contribution in [0.2, 0.25) is 0 Å². The maximum Gasteiger partial charge on any atom is 0.0468 e. The van der Waals surface area contributed by atoms with E-state index >= 15 is 0 Å². The molecule has 14 heavy (non-hydrogen) atoms. The van der Waals surface area contributed by atoms with Gasteiger partial charge in [0.1, 0.15) is 0 Å². The van der Waals surface area contributed by atoms with E-state index in [2.05, 4.69) is 11.2 Å². The fraction of sp³-hybridized carbons (Fsp3) is 0.833. The highest BCUT2D eigenvalue weighted by Gasteiger charge is 2.41. The number of methoxy groups -OCH3 is 1. The van der Waals surface area contributed by atoms with Gasteiger partial charge in [0.25, 0.3) is 0 Å². The van der Waals surface area contributed by atoms with Gasteiger partial charge in [-0.1, -0.05) is 0 Å². The molecule has 80 valence electrons. The molecule has 0 amide bonds. The van der Waals surface area contributed by atoms with Gasteiger partial charge in [-0.15, -0.1) is 12.3 Å². The van der Waals surface area contributed by atoms with E-state index in [0.717, 1.165) is 32.5 Å². The molecule has 2 heteroatoms. The third kappa shape index (κ3) is 4.13. The summed E-state index contributed by atoms with van der Waals surface area (Å²) in [6, 6.07) is 0. The Balaban J connectivity index is 1.98. The Hall–Kier alpha value is -0.520. The molecule has 0 aromatic heterocycles. The second-order valence-electron chi connectivity index (χ2n) is 4.23. The first kappa shape index (κ1) is 11.6. The van der Waals surface area contributed by atoms with Crippen LogP contribution >= 0.6 is 0 Å². The first-order valence-corrected chi connectivity index (χ1v) is 5.46. The Morgan fingerprint density at radius 3 is 2.86 bits per heavy atom. The summed E-state index contributed by atoms with van der Waals surface area (Å²) < 4.78 is 5.11. The number of terminal acetylenes is 1. The van der Waals surface area contributed by atoms with E-state index in [9.17, 15) is 0 Å². The summed E-state index contributed by atoms with van der Waals surface area (Å²) in [5.41, 5.74) is 0.562. The van der Waals surface area contributed by atoms with Crippen LogP contribution in [0, 0.1) is 17.8 Å². The zero-order valence-corrected chi connectivity index (χ0v) is 9.14. The SMILES string of the molecule is C#CCCCNCC1(CCOC)CC1. The van der Waals surface area contributed by atoms with Crippen LogP contribution < -0.4 is 5.32 Å². The lowest BCUT2D eigenvalue weighted by Crippen LogP contribution is -2.25. The first-order valence-electron chi connectivity index (χ1n) is 5.46. The lowest BCUT2D eigenvalue weighted by Gasteiger charge is -2.14. The summed E-state index contributed by atoms with van der Waals surface area (Å²) in [5, 5.41) is 3.48. The molecule has 1 aliphatic rings. The summed E-state index contributed by atoms with van der Waals surface area (Å²) >= 11 is 0. The fourth-order valence-electron chi connectivity index (χ4n) is 1.68. The van der Waals surface area contributed by atoms with E-state index < -0.39 is 0 Å². The van der Waals surface area contributed by atoms with E-state index in [-0.39, 0.29) is 0 Å². The molecule has 0 radical (unpaired) electrons. The monoisotopic (exact) mass is 195 g/mol. The van der Waals surface area contributed by atoms with Crippen molar-refractivity contribution in [3.8, 4) is 12.3 Å². The van der Waals surface area contributed by atoms with Crippen molar-refractivity contribution in [3.63, 3.8) is 0 Å². The largest absolute Gasteiger partial charge is 0.385 e. The van der Waals surface area contributed by atoms with Crippen molar-refractivity contribution in [2.75, 3.05) is 26.8 Å². The number of unbranched alkanes of at least 4 members (excludes halogenated alkanes) is 1. The zero-order valence-electron chi connectivity index (χ0n) is 9.14. The highest BCUT2D eigenvalue weighted by atomic mass is 16.5. The van der Waals surface area contributed by atoms with Crippen LogP contribution in [0.1, 0.15) is 32.1 Å². The Bertz CT molecular complexity index is 191. The molecule has 0 heterocycles. The van der Waals surface area contributed by atoms with Gasteiger partial charge in [0, 0.05) is 26.7 Å². The molecule has 0 aromatic carbocycles. The van der Waals surface area contributed by atoms with Crippen molar-refractivity contribution in [1.82, 2.24) is 5.32 Å². The van der Waals surface area contributed by atoms with E-state index in [1.165, 1.54) is 19.3 Å². The van der Waals surface area contributed by atoms with Crippen molar-refractivity contribution < 1.29 is 4.74 Å². The quantitative estimate of drug-likeness (QED) is 0.471. The van der Waals surface area contributed by atoms with Gasteiger partial charge >= 0.3 is 0 Å². The molecule has 2 nitrogen and oxygen atoms in total. The van der Waals surface area contributed by atoms with Crippen LogP contribution in [0.3, 0.4) is 0 Å². The molecule has 1 N–H and O–H groups in total. The summed E-state index contributed by atoms with van der Waals surface area (Å²) in [7, 11) is 1.77. The van der Waals surface area contributed by atoms with Crippen molar-refractivity contribution in [1.29, 1.82) is 0 Å². The van der Waals surface area contributed by atoms with Gasteiger partial charge in [0.15, 0.2) is 0 Å². The third-order valence-corrected chi connectivity index (χ3v) is 2.97. The van der Waals surface area contributed by atoms with Crippen molar-refractivity contribution in [3.05, 3.63) is 0 Å². The van der Waals surface area contributed by atoms with Crippen molar-refractivity contribution in [2.45, 2.75) is 32.1 Å². The van der Waals surface area contributed by atoms with Crippen LogP contribution in [0.4, 0.5) is 0 Å². The minimum absolute atomic E-state index is 0.562. The lowest BCUT2D eigenvalue weighted by molar-refractivity contribution is 0.171. The summed E-state index contributed by atoms with van der Waals surface area (Å²) in [6.45, 7) is 3.09. The van der Waals surface area contributed by atoms with Gasteiger partial charge in [-0.25, -0.2) is 0 Å². The van der Waals surface area contributed by atoms with Gasteiger partial charge in [0.05, 0.1) is 0 Å². The molecular formula is C12H21NO. The molecule has 1 fully saturated rings. The van der Waals surface area contributed by atoms with Gasteiger partial charge in [-0.2, -0.15) is 0 Å². The molecule has 0 saturated heterocycles. The summed E-state index contributed by atoms with van der Waals surface area (Å²) in [5.74, 6) is 2.66. The maximum atomic E-state index is 5.18. The second kappa shape index (κ2) is 6.06. The maximum absolute atomic E-state index is 5.18. The highest BCUT2D eigenvalue weighted by Crippen LogP contribution is 2.48. The van der Waals surface area contributed by atoms with E-state index in [0.29, 0.717) is 5.41 Å². The normalized spacial score (nSPS) is 17.7. The highest BCUT2D eigenvalue weighted by molar-refractivity contribution is 4.94. The Labute approximate surface area is 87.4 Å². The van der Waals surface area contributed by atoms with Gasteiger partial charge in [-0.3, -0.25) is 0 Å². The Morgan fingerprint density at radius 1 is 1.50 bits per heavy atom. The zero-order chi connectivity index (χ0) is 10.3. The number of ether oxygens (including phenoxy) is 1. The summed E-state index contributed by atoms with van der Waals surface area (Å²) in [6.07, 6.45) is 11.1. The number of nitrogens with one attached hydrogen (secondary N) is 1. The van der Waals surface area contributed by atoms with Crippen LogP contribution in [-0.4, -0.2) is 26.8 Å². The average Bonchev–Trinajstić information content (AvgIpc) is 2.96. The molecule has 0 aliphatic heterocycles. The minimum Gasteiger partial charge on any atom is -0.385 e. The number of hydrogen-bond donors (Lipinski definition) is 1. The van der Waals surface area contributed by atoms with Gasteiger partial charge < -0.3 is 10.1 Å². The first-order chi connectivity index (χ1) is 6.83. The van der Waals surface area contributed by atoms with E-state index in [1.807, 2.05) is 0 Å². The van der Waals surface area contributed by atoms with Crippen LogP contribution in [0.25, 0.3) is 0 Å². The molecule has 1 aliphatic carbocycles. The second-order valence-corrected chi connectivity index (χ2v) is 4.23. The van der Waals surface area contributed by atoms with Crippen molar-refractivity contribution in [2.24, 2.45) is 5.41 Å². The molecule has 0 spiro atoms. The van der Waals surface area contributed by atoms with Crippen LogP contribution in [-0.2, 0) is 4.74 Å². The Kier molecular flexibility index (Phi) is 5.00. The van der Waals surface area contributed by atoms with E-state index in [1.54, 1.807) is 7.11 Å². The van der Waals surface area contributed by atoms with E-state index in [4.69, 9.17) is 11.2 Å². The molecular weight excluding hydrogens is 174 g/mol. The van der Waals surface area contributed by atoms with Crippen LogP contribution in [0.5, 0.6) is 0 Å². The smallest absolute Gasteiger partial charge is 0.0468 e. The molecule has 1 rings (SSSR count). The topological polar surface area (TPSA) is 21.3 Å². The van der Waals surface area contributed by atoms with Gasteiger partial charge in [-0.05, 0) is 37.6 Å². The standard InChI is InChI=1S/C12H21NO/c1-3-4-5-9-13-11-12(6-7-12)8-10-14-2/h1,13H,4-11H2,2H3. The minimum atomic E-state index is 0.562. The predicted molar refractivity (Wildman–Crippen MR) is 59.1 cm³/mol. The lowest BCUT2D eigenvalue weighted by atomic mass is 10.0. The molecule has 0 bridgehead atoms. The summed E-state index contributed by atoms with van der Waals surface area (Å²) in [4.78, 5) is 0. The van der Waals surface area contributed by atoms with Gasteiger partial charge in [0.2, 0.25) is 0 Å². The van der Waals surface area contributed by atoms with Crippen LogP contribution in [0.15, 0.2) is 0 Å². The number of hydrogen-bond acceptors (Lipinski definition) is 2. The van der Waals surface area contributed by atoms with Crippen molar-refractivity contribution >= 4 is 0 Å². The molecule has 0 atom stereocenters. The predicted octanol–water partition coefficient (Wildman–Crippen LogP) is 1.81. The Morgan fingerprint density at radius 2 is 2.29 bits per heavy atom. The number of rotatable bonds is 8. The molecule has 0 unspecified atom stereocenters.